The molecule has 0 aliphatic heterocycles. The van der Waals surface area contributed by atoms with Crippen LogP contribution >= 0.6 is 0 Å². The van der Waals surface area contributed by atoms with Gasteiger partial charge in [-0.3, -0.25) is 9.98 Å². The largest absolute Gasteiger partial charge is 0.270 e. The van der Waals surface area contributed by atoms with Crippen LogP contribution < -0.4 is 0 Å². The Morgan fingerprint density at radius 2 is 2.18 bits per heavy atom. The molecule has 2 nitrogen and oxygen atoms in total. The lowest BCUT2D eigenvalue weighted by atomic mass is 10.1. The zero-order valence-corrected chi connectivity index (χ0v) is 10.4. The smallest absolute Gasteiger partial charge is 0.0815 e. The van der Waals surface area contributed by atoms with Crippen molar-refractivity contribution in [3.05, 3.63) is 60.0 Å². The summed E-state index contributed by atoms with van der Waals surface area (Å²) in [5.74, 6) is 0. The number of nitrogens with zero attached hydrogens (tertiary/aromatic N) is 2. The fourth-order valence-corrected chi connectivity index (χ4v) is 1.35. The van der Waals surface area contributed by atoms with Crippen molar-refractivity contribution in [2.75, 3.05) is 0 Å². The predicted octanol–water partition coefficient (Wildman–Crippen LogP) is 4.01. The molecule has 0 radical (unpaired) electrons. The third-order valence-corrected chi connectivity index (χ3v) is 2.24. The van der Waals surface area contributed by atoms with Gasteiger partial charge in [0.05, 0.1) is 11.9 Å². The number of allylic oxidation sites excluding steroid dienone is 8. The Hall–Kier alpha value is -1.96. The number of rotatable bonds is 4. The van der Waals surface area contributed by atoms with Gasteiger partial charge in [0.15, 0.2) is 0 Å². The van der Waals surface area contributed by atoms with Gasteiger partial charge in [-0.2, -0.15) is 0 Å². The second-order valence-corrected chi connectivity index (χ2v) is 3.71. The summed E-state index contributed by atoms with van der Waals surface area (Å²) in [6, 6.07) is 0. The molecule has 0 atom stereocenters. The molecular formula is C15H18N2. The van der Waals surface area contributed by atoms with Crippen LogP contribution in [0.4, 0.5) is 0 Å². The molecule has 0 aromatic rings. The van der Waals surface area contributed by atoms with Crippen molar-refractivity contribution in [2.24, 2.45) is 9.98 Å². The van der Waals surface area contributed by atoms with E-state index < -0.39 is 0 Å². The van der Waals surface area contributed by atoms with E-state index in [9.17, 15) is 0 Å². The zero-order valence-electron chi connectivity index (χ0n) is 10.4. The molecule has 0 bridgehead atoms. The molecule has 0 heterocycles. The number of aliphatic imine (C=N–C) groups is 2. The van der Waals surface area contributed by atoms with Crippen molar-refractivity contribution in [1.82, 2.24) is 0 Å². The van der Waals surface area contributed by atoms with Crippen LogP contribution in [0.2, 0.25) is 0 Å². The van der Waals surface area contributed by atoms with Crippen LogP contribution in [0.3, 0.4) is 0 Å². The lowest BCUT2D eigenvalue weighted by Crippen LogP contribution is -1.97. The Bertz CT molecular complexity index is 444. The maximum absolute atomic E-state index is 4.52. The summed E-state index contributed by atoms with van der Waals surface area (Å²) in [5.41, 5.74) is 3.13. The Morgan fingerprint density at radius 3 is 2.76 bits per heavy atom. The Labute approximate surface area is 103 Å². The minimum absolute atomic E-state index is 0.811. The van der Waals surface area contributed by atoms with Gasteiger partial charge >= 0.3 is 0 Å². The summed E-state index contributed by atoms with van der Waals surface area (Å²) in [7, 11) is 0. The molecule has 0 aromatic heterocycles. The van der Waals surface area contributed by atoms with Crippen LogP contribution in [-0.2, 0) is 0 Å². The van der Waals surface area contributed by atoms with Gasteiger partial charge in [0.1, 0.15) is 0 Å². The number of hydrogen-bond acceptors (Lipinski definition) is 2. The Kier molecular flexibility index (Phi) is 5.66. The highest BCUT2D eigenvalue weighted by Crippen LogP contribution is 2.10. The summed E-state index contributed by atoms with van der Waals surface area (Å²) >= 11 is 0. The summed E-state index contributed by atoms with van der Waals surface area (Å²) in [6.45, 7) is 7.52. The molecule has 1 aliphatic carbocycles. The predicted molar refractivity (Wildman–Crippen MR) is 76.5 cm³/mol. The van der Waals surface area contributed by atoms with Gasteiger partial charge < -0.3 is 0 Å². The lowest BCUT2D eigenvalue weighted by Gasteiger charge is -2.04. The fourth-order valence-electron chi connectivity index (χ4n) is 1.35. The van der Waals surface area contributed by atoms with E-state index >= 15 is 0 Å². The summed E-state index contributed by atoms with van der Waals surface area (Å²) in [6.07, 6.45) is 16.6. The van der Waals surface area contributed by atoms with Crippen LogP contribution in [0, 0.1) is 0 Å². The third kappa shape index (κ3) is 5.07. The minimum atomic E-state index is 0.811. The monoisotopic (exact) mass is 226 g/mol. The first-order valence-electron chi connectivity index (χ1n) is 5.64. The van der Waals surface area contributed by atoms with E-state index in [0.717, 1.165) is 17.8 Å². The summed E-state index contributed by atoms with van der Waals surface area (Å²) < 4.78 is 0. The highest BCUT2D eigenvalue weighted by molar-refractivity contribution is 5.98. The molecular weight excluding hydrogens is 208 g/mol. The van der Waals surface area contributed by atoms with E-state index in [1.807, 2.05) is 37.3 Å². The van der Waals surface area contributed by atoms with Gasteiger partial charge in [-0.05, 0) is 32.7 Å². The molecule has 0 fully saturated rings. The fraction of sp³-hybridized carbons (Fsp3) is 0.200. The van der Waals surface area contributed by atoms with Gasteiger partial charge in [-0.25, -0.2) is 0 Å². The summed E-state index contributed by atoms with van der Waals surface area (Å²) in [5, 5.41) is 0. The van der Waals surface area contributed by atoms with Crippen molar-refractivity contribution in [2.45, 2.75) is 20.3 Å². The van der Waals surface area contributed by atoms with Crippen LogP contribution in [0.1, 0.15) is 20.3 Å². The standard InChI is InChI=1S/C15H18N2/c1-4-5-6-7-15(12-16-3)17-14-10-8-13(2)9-11-14/h4-10,12H,3,11H2,1-2H3/b5-4-,7-6-,15-12-,17-14?. The van der Waals surface area contributed by atoms with Crippen molar-refractivity contribution in [1.29, 1.82) is 0 Å². The first-order valence-corrected chi connectivity index (χ1v) is 5.64. The first kappa shape index (κ1) is 13.1. The van der Waals surface area contributed by atoms with Crippen LogP contribution in [0.15, 0.2) is 70.0 Å². The first-order chi connectivity index (χ1) is 8.26. The molecule has 0 saturated carbocycles. The molecule has 17 heavy (non-hydrogen) atoms. The van der Waals surface area contributed by atoms with Crippen LogP contribution in [-0.4, -0.2) is 12.4 Å². The minimum Gasteiger partial charge on any atom is -0.270 e. The van der Waals surface area contributed by atoms with E-state index in [4.69, 9.17) is 0 Å². The zero-order chi connectivity index (χ0) is 12.5. The van der Waals surface area contributed by atoms with E-state index in [-0.39, 0.29) is 0 Å². The topological polar surface area (TPSA) is 24.7 Å². The highest BCUT2D eigenvalue weighted by atomic mass is 14.8. The van der Waals surface area contributed by atoms with Gasteiger partial charge in [-0.15, -0.1) is 0 Å². The Balaban J connectivity index is 2.81. The molecule has 2 heteroatoms. The number of hydrogen-bond donors (Lipinski definition) is 0. The van der Waals surface area contributed by atoms with Crippen molar-refractivity contribution < 1.29 is 0 Å². The van der Waals surface area contributed by atoms with Crippen LogP contribution in [0.25, 0.3) is 0 Å². The van der Waals surface area contributed by atoms with Crippen molar-refractivity contribution >= 4 is 12.4 Å². The molecule has 0 spiro atoms. The average molecular weight is 226 g/mol. The molecule has 0 saturated heterocycles. The van der Waals surface area contributed by atoms with Crippen molar-refractivity contribution in [3.63, 3.8) is 0 Å². The lowest BCUT2D eigenvalue weighted by molar-refractivity contribution is 1.29. The highest BCUT2D eigenvalue weighted by Gasteiger charge is 1.99. The second-order valence-electron chi connectivity index (χ2n) is 3.71. The molecule has 0 unspecified atom stereocenters. The van der Waals surface area contributed by atoms with Gasteiger partial charge in [-0.1, -0.05) is 36.0 Å². The maximum atomic E-state index is 4.52. The van der Waals surface area contributed by atoms with E-state index in [0.29, 0.717) is 0 Å². The van der Waals surface area contributed by atoms with E-state index in [2.05, 4.69) is 35.8 Å². The Morgan fingerprint density at radius 1 is 1.35 bits per heavy atom. The molecule has 0 aromatic carbocycles. The second kappa shape index (κ2) is 7.34. The SMILES string of the molecule is C=N/C=C(/C=C\C=C/C)N=C1C=CC(C)=CC1. The van der Waals surface area contributed by atoms with Gasteiger partial charge in [0, 0.05) is 12.1 Å². The van der Waals surface area contributed by atoms with Crippen molar-refractivity contribution in [3.8, 4) is 0 Å². The summed E-state index contributed by atoms with van der Waals surface area (Å²) in [4.78, 5) is 8.28. The third-order valence-electron chi connectivity index (χ3n) is 2.24. The average Bonchev–Trinajstić information content (AvgIpc) is 2.32. The van der Waals surface area contributed by atoms with Crippen LogP contribution in [0.5, 0.6) is 0 Å². The van der Waals surface area contributed by atoms with Gasteiger partial charge in [0.25, 0.3) is 0 Å². The molecule has 1 aliphatic rings. The maximum Gasteiger partial charge on any atom is 0.0815 e. The molecule has 0 N–H and O–H groups in total. The van der Waals surface area contributed by atoms with E-state index in [1.54, 1.807) is 6.20 Å². The molecule has 0 amide bonds. The molecule has 88 valence electrons. The molecule has 1 rings (SSSR count). The normalized spacial score (nSPS) is 19.3. The quantitative estimate of drug-likeness (QED) is 0.511. The van der Waals surface area contributed by atoms with E-state index in [1.165, 1.54) is 5.57 Å². The van der Waals surface area contributed by atoms with Gasteiger partial charge in [0.2, 0.25) is 0 Å².